The molecule has 17 heavy (non-hydrogen) atoms. The zero-order valence-corrected chi connectivity index (χ0v) is 12.5. The first-order chi connectivity index (χ1) is 8.04. The molecular weight excluding hydrogens is 324 g/mol. The van der Waals surface area contributed by atoms with Gasteiger partial charge in [-0.3, -0.25) is 4.79 Å². The Morgan fingerprint density at radius 2 is 2.35 bits per heavy atom. The van der Waals surface area contributed by atoms with Gasteiger partial charge >= 0.3 is 0 Å². The molecule has 0 heterocycles. The summed E-state index contributed by atoms with van der Waals surface area (Å²) in [6, 6.07) is 4.70. The van der Waals surface area contributed by atoms with Crippen LogP contribution >= 0.6 is 39.3 Å². The number of nitrogens with two attached hydrogens (primary N) is 1. The molecule has 0 unspecified atom stereocenters. The number of hydrogen-bond acceptors (Lipinski definition) is 3. The molecule has 3 nitrogen and oxygen atoms in total. The van der Waals surface area contributed by atoms with Crippen molar-refractivity contribution in [3.8, 4) is 0 Å². The second-order valence-corrected chi connectivity index (χ2v) is 5.78. The first-order valence-corrected chi connectivity index (χ1v) is 7.61. The average molecular weight is 338 g/mol. The van der Waals surface area contributed by atoms with Crippen LogP contribution in [0.25, 0.3) is 0 Å². The molecule has 0 aromatic heterocycles. The Balaban J connectivity index is 2.61. The van der Waals surface area contributed by atoms with Gasteiger partial charge in [-0.2, -0.15) is 11.8 Å². The second-order valence-electron chi connectivity index (χ2n) is 3.50. The lowest BCUT2D eigenvalue weighted by atomic mass is 10.2. The van der Waals surface area contributed by atoms with Gasteiger partial charge in [-0.1, -0.05) is 11.6 Å². The molecule has 0 bridgehead atoms. The highest BCUT2D eigenvalue weighted by atomic mass is 79.9. The molecule has 3 N–H and O–H groups in total. The van der Waals surface area contributed by atoms with Crippen LogP contribution < -0.4 is 11.1 Å². The highest BCUT2D eigenvalue weighted by Crippen LogP contribution is 2.25. The Kier molecular flexibility index (Phi) is 6.33. The normalized spacial score (nSPS) is 12.2. The van der Waals surface area contributed by atoms with Crippen LogP contribution in [0.2, 0.25) is 5.02 Å². The summed E-state index contributed by atoms with van der Waals surface area (Å²) in [7, 11) is 0. The molecular formula is C11H14BrClN2OS. The van der Waals surface area contributed by atoms with Crippen molar-refractivity contribution < 1.29 is 4.79 Å². The van der Waals surface area contributed by atoms with Gasteiger partial charge in [0.1, 0.15) is 0 Å². The molecule has 1 amide bonds. The molecule has 0 saturated heterocycles. The van der Waals surface area contributed by atoms with Gasteiger partial charge in [0.05, 0.1) is 11.7 Å². The van der Waals surface area contributed by atoms with E-state index in [1.807, 2.05) is 6.26 Å². The van der Waals surface area contributed by atoms with Gasteiger partial charge in [-0.15, -0.1) is 0 Å². The van der Waals surface area contributed by atoms with Gasteiger partial charge in [0, 0.05) is 9.50 Å². The van der Waals surface area contributed by atoms with Gasteiger partial charge in [0.2, 0.25) is 5.91 Å². The van der Waals surface area contributed by atoms with E-state index in [-0.39, 0.29) is 5.91 Å². The summed E-state index contributed by atoms with van der Waals surface area (Å²) < 4.78 is 0.746. The smallest absolute Gasteiger partial charge is 0.241 e. The standard InChI is InChI=1S/C11H14BrClN2OS/c1-17-5-4-9(14)11(16)15-10-3-2-7(13)6-8(10)12/h2-3,6,9H,4-5,14H2,1H3,(H,15,16)/t9-/m0/s1. The van der Waals surface area contributed by atoms with Crippen molar-refractivity contribution in [2.75, 3.05) is 17.3 Å². The number of carbonyl (C=O) groups excluding carboxylic acids is 1. The van der Waals surface area contributed by atoms with Gasteiger partial charge < -0.3 is 11.1 Å². The fraction of sp³-hybridized carbons (Fsp3) is 0.364. The van der Waals surface area contributed by atoms with Crippen LogP contribution in [0.4, 0.5) is 5.69 Å². The monoisotopic (exact) mass is 336 g/mol. The molecule has 1 aromatic rings. The molecule has 0 radical (unpaired) electrons. The van der Waals surface area contributed by atoms with E-state index in [1.54, 1.807) is 30.0 Å². The minimum Gasteiger partial charge on any atom is -0.324 e. The van der Waals surface area contributed by atoms with Crippen molar-refractivity contribution in [3.63, 3.8) is 0 Å². The van der Waals surface area contributed by atoms with Crippen molar-refractivity contribution in [3.05, 3.63) is 27.7 Å². The lowest BCUT2D eigenvalue weighted by Crippen LogP contribution is -2.36. The van der Waals surface area contributed by atoms with Crippen LogP contribution in [0.5, 0.6) is 0 Å². The van der Waals surface area contributed by atoms with Crippen LogP contribution in [0.15, 0.2) is 22.7 Å². The van der Waals surface area contributed by atoms with E-state index < -0.39 is 6.04 Å². The van der Waals surface area contributed by atoms with E-state index in [0.29, 0.717) is 17.1 Å². The summed E-state index contributed by atoms with van der Waals surface area (Å²) in [5, 5.41) is 3.38. The minimum atomic E-state index is -0.481. The molecule has 94 valence electrons. The SMILES string of the molecule is CSCC[C@H](N)C(=O)Nc1ccc(Cl)cc1Br. The molecule has 0 spiro atoms. The Bertz CT molecular complexity index is 403. The van der Waals surface area contributed by atoms with Crippen molar-refractivity contribution in [2.24, 2.45) is 5.73 Å². The fourth-order valence-corrected chi connectivity index (χ4v) is 2.46. The molecule has 0 fully saturated rings. The summed E-state index contributed by atoms with van der Waals surface area (Å²) in [5.41, 5.74) is 6.44. The Hall–Kier alpha value is -0.230. The number of nitrogens with one attached hydrogen (secondary N) is 1. The lowest BCUT2D eigenvalue weighted by Gasteiger charge is -2.12. The fourth-order valence-electron chi connectivity index (χ4n) is 1.19. The zero-order chi connectivity index (χ0) is 12.8. The maximum Gasteiger partial charge on any atom is 0.241 e. The van der Waals surface area contributed by atoms with E-state index in [4.69, 9.17) is 17.3 Å². The molecule has 1 atom stereocenters. The first-order valence-electron chi connectivity index (χ1n) is 5.05. The molecule has 0 aliphatic carbocycles. The van der Waals surface area contributed by atoms with Crippen molar-refractivity contribution in [1.29, 1.82) is 0 Å². The molecule has 0 saturated carbocycles. The number of carbonyl (C=O) groups is 1. The van der Waals surface area contributed by atoms with Crippen molar-refractivity contribution in [1.82, 2.24) is 0 Å². The number of halogens is 2. The topological polar surface area (TPSA) is 55.1 Å². The molecule has 6 heteroatoms. The number of amides is 1. The van der Waals surface area contributed by atoms with Crippen LogP contribution in [-0.4, -0.2) is 24.0 Å². The number of hydrogen-bond donors (Lipinski definition) is 2. The largest absolute Gasteiger partial charge is 0.324 e. The van der Waals surface area contributed by atoms with Crippen LogP contribution in [-0.2, 0) is 4.79 Å². The maximum atomic E-state index is 11.8. The maximum absolute atomic E-state index is 11.8. The Labute approximate surface area is 119 Å². The predicted octanol–water partition coefficient (Wildman–Crippen LogP) is 3.12. The number of benzene rings is 1. The van der Waals surface area contributed by atoms with Crippen LogP contribution in [0.1, 0.15) is 6.42 Å². The quantitative estimate of drug-likeness (QED) is 0.868. The van der Waals surface area contributed by atoms with E-state index >= 15 is 0 Å². The number of anilines is 1. The van der Waals surface area contributed by atoms with Crippen LogP contribution in [0.3, 0.4) is 0 Å². The number of thioether (sulfide) groups is 1. The average Bonchev–Trinajstić information content (AvgIpc) is 2.29. The third-order valence-electron chi connectivity index (χ3n) is 2.16. The van der Waals surface area contributed by atoms with E-state index in [0.717, 1.165) is 10.2 Å². The van der Waals surface area contributed by atoms with Gasteiger partial charge in [-0.25, -0.2) is 0 Å². The third-order valence-corrected chi connectivity index (χ3v) is 3.69. The van der Waals surface area contributed by atoms with E-state index in [1.165, 1.54) is 0 Å². The minimum absolute atomic E-state index is 0.179. The predicted molar refractivity (Wildman–Crippen MR) is 78.8 cm³/mol. The van der Waals surface area contributed by atoms with E-state index in [2.05, 4.69) is 21.2 Å². The summed E-state index contributed by atoms with van der Waals surface area (Å²) in [6.07, 6.45) is 2.65. The van der Waals surface area contributed by atoms with Crippen molar-refractivity contribution in [2.45, 2.75) is 12.5 Å². The Morgan fingerprint density at radius 3 is 2.94 bits per heavy atom. The second kappa shape index (κ2) is 7.26. The highest BCUT2D eigenvalue weighted by Gasteiger charge is 2.14. The molecule has 0 aliphatic heterocycles. The Morgan fingerprint density at radius 1 is 1.65 bits per heavy atom. The molecule has 1 rings (SSSR count). The van der Waals surface area contributed by atoms with E-state index in [9.17, 15) is 4.79 Å². The van der Waals surface area contributed by atoms with Gasteiger partial charge in [-0.05, 0) is 52.6 Å². The van der Waals surface area contributed by atoms with Crippen LogP contribution in [0, 0.1) is 0 Å². The lowest BCUT2D eigenvalue weighted by molar-refractivity contribution is -0.117. The summed E-state index contributed by atoms with van der Waals surface area (Å²) in [5.74, 6) is 0.693. The first kappa shape index (κ1) is 14.8. The third kappa shape index (κ3) is 4.87. The summed E-state index contributed by atoms with van der Waals surface area (Å²) in [4.78, 5) is 11.8. The number of rotatable bonds is 5. The summed E-state index contributed by atoms with van der Waals surface area (Å²) >= 11 is 10.8. The highest BCUT2D eigenvalue weighted by molar-refractivity contribution is 9.10. The zero-order valence-electron chi connectivity index (χ0n) is 9.37. The molecule has 1 aromatic carbocycles. The van der Waals surface area contributed by atoms with Crippen molar-refractivity contribution >= 4 is 50.9 Å². The van der Waals surface area contributed by atoms with Gasteiger partial charge in [0.15, 0.2) is 0 Å². The summed E-state index contributed by atoms with van der Waals surface area (Å²) in [6.45, 7) is 0. The van der Waals surface area contributed by atoms with Gasteiger partial charge in [0.25, 0.3) is 0 Å². The molecule has 0 aliphatic rings.